The molecule has 0 fully saturated rings. The molecule has 7 nitrogen and oxygen atoms in total. The standard InChI is InChI=1S/C14H19N5O2S/c1-4-19-9(3)12(8(2)18-19)16-13(20)17-14-15-10-5-6-21-7-11(10)22-14/h4-7H2,1-3H3,(H2,15,16,17,20). The molecule has 0 aromatic carbocycles. The molecule has 1 aliphatic rings. The molecule has 0 radical (unpaired) electrons. The van der Waals surface area contributed by atoms with E-state index < -0.39 is 0 Å². The molecule has 1 aliphatic heterocycles. The average molecular weight is 321 g/mol. The van der Waals surface area contributed by atoms with Gasteiger partial charge in [-0.15, -0.1) is 0 Å². The summed E-state index contributed by atoms with van der Waals surface area (Å²) in [5, 5.41) is 10.6. The topological polar surface area (TPSA) is 81.1 Å². The minimum Gasteiger partial charge on any atom is -0.375 e. The molecule has 22 heavy (non-hydrogen) atoms. The number of carbonyl (C=O) groups is 1. The zero-order chi connectivity index (χ0) is 15.7. The third-order valence-corrected chi connectivity index (χ3v) is 4.62. The summed E-state index contributed by atoms with van der Waals surface area (Å²) in [5.41, 5.74) is 3.53. The minimum atomic E-state index is -0.297. The van der Waals surface area contributed by atoms with E-state index in [2.05, 4.69) is 20.7 Å². The average Bonchev–Trinajstić information content (AvgIpc) is 3.01. The van der Waals surface area contributed by atoms with E-state index >= 15 is 0 Å². The highest BCUT2D eigenvalue weighted by Gasteiger charge is 2.18. The van der Waals surface area contributed by atoms with Crippen LogP contribution in [-0.2, 0) is 24.3 Å². The smallest absolute Gasteiger partial charge is 0.325 e. The SMILES string of the molecule is CCn1nc(C)c(NC(=O)Nc2nc3c(s2)COCC3)c1C. The summed E-state index contributed by atoms with van der Waals surface area (Å²) in [4.78, 5) is 17.7. The van der Waals surface area contributed by atoms with E-state index in [1.165, 1.54) is 11.3 Å². The molecule has 0 spiro atoms. The number of thiazole rings is 1. The second kappa shape index (κ2) is 6.05. The maximum absolute atomic E-state index is 12.2. The van der Waals surface area contributed by atoms with Crippen LogP contribution in [0.25, 0.3) is 0 Å². The van der Waals surface area contributed by atoms with Gasteiger partial charge in [-0.05, 0) is 20.8 Å². The van der Waals surface area contributed by atoms with Gasteiger partial charge >= 0.3 is 6.03 Å². The fourth-order valence-electron chi connectivity index (χ4n) is 2.51. The largest absolute Gasteiger partial charge is 0.375 e. The lowest BCUT2D eigenvalue weighted by atomic mass is 10.2. The predicted octanol–water partition coefficient (Wildman–Crippen LogP) is 2.69. The number of carbonyl (C=O) groups excluding carboxylic acids is 1. The van der Waals surface area contributed by atoms with Crippen LogP contribution in [0.2, 0.25) is 0 Å². The molecule has 0 saturated carbocycles. The molecular formula is C14H19N5O2S. The molecule has 2 N–H and O–H groups in total. The first-order valence-corrected chi connectivity index (χ1v) is 8.08. The van der Waals surface area contributed by atoms with Crippen LogP contribution in [-0.4, -0.2) is 27.4 Å². The van der Waals surface area contributed by atoms with E-state index in [-0.39, 0.29) is 6.03 Å². The van der Waals surface area contributed by atoms with Gasteiger partial charge in [-0.25, -0.2) is 9.78 Å². The minimum absolute atomic E-state index is 0.297. The van der Waals surface area contributed by atoms with E-state index in [0.717, 1.165) is 40.6 Å². The van der Waals surface area contributed by atoms with Crippen LogP contribution in [0.4, 0.5) is 15.6 Å². The van der Waals surface area contributed by atoms with Gasteiger partial charge in [0.2, 0.25) is 0 Å². The molecule has 3 heterocycles. The zero-order valence-corrected chi connectivity index (χ0v) is 13.7. The number of hydrogen-bond donors (Lipinski definition) is 2. The summed E-state index contributed by atoms with van der Waals surface area (Å²) in [7, 11) is 0. The summed E-state index contributed by atoms with van der Waals surface area (Å²) in [6.07, 6.45) is 0.802. The molecule has 2 aromatic rings. The summed E-state index contributed by atoms with van der Waals surface area (Å²) in [6, 6.07) is -0.297. The maximum atomic E-state index is 12.2. The van der Waals surface area contributed by atoms with Crippen molar-refractivity contribution in [2.45, 2.75) is 40.3 Å². The lowest BCUT2D eigenvalue weighted by molar-refractivity contribution is 0.112. The van der Waals surface area contributed by atoms with Gasteiger partial charge < -0.3 is 10.1 Å². The highest BCUT2D eigenvalue weighted by atomic mass is 32.1. The van der Waals surface area contributed by atoms with Gasteiger partial charge in [0.15, 0.2) is 5.13 Å². The van der Waals surface area contributed by atoms with Crippen molar-refractivity contribution in [2.75, 3.05) is 17.2 Å². The van der Waals surface area contributed by atoms with Gasteiger partial charge in [0, 0.05) is 13.0 Å². The third-order valence-electron chi connectivity index (χ3n) is 3.63. The normalized spacial score (nSPS) is 13.8. The lowest BCUT2D eigenvalue weighted by Crippen LogP contribution is -2.20. The number of fused-ring (bicyclic) bond motifs is 1. The summed E-state index contributed by atoms with van der Waals surface area (Å²) >= 11 is 1.46. The van der Waals surface area contributed by atoms with Gasteiger partial charge in [-0.3, -0.25) is 10.00 Å². The van der Waals surface area contributed by atoms with Gasteiger partial charge in [-0.2, -0.15) is 5.10 Å². The summed E-state index contributed by atoms with van der Waals surface area (Å²) in [5.74, 6) is 0. The van der Waals surface area contributed by atoms with E-state index in [9.17, 15) is 4.79 Å². The Morgan fingerprint density at radius 3 is 2.91 bits per heavy atom. The Kier molecular flexibility index (Phi) is 4.12. The number of rotatable bonds is 3. The van der Waals surface area contributed by atoms with Gasteiger partial charge in [-0.1, -0.05) is 11.3 Å². The predicted molar refractivity (Wildman–Crippen MR) is 85.5 cm³/mol. The number of hydrogen-bond acceptors (Lipinski definition) is 5. The Labute approximate surface area is 132 Å². The van der Waals surface area contributed by atoms with E-state index in [4.69, 9.17) is 4.74 Å². The van der Waals surface area contributed by atoms with E-state index in [1.807, 2.05) is 25.5 Å². The number of aromatic nitrogens is 3. The lowest BCUT2D eigenvalue weighted by Gasteiger charge is -2.08. The Morgan fingerprint density at radius 2 is 2.23 bits per heavy atom. The molecule has 3 rings (SSSR count). The van der Waals surface area contributed by atoms with Crippen LogP contribution < -0.4 is 10.6 Å². The van der Waals surface area contributed by atoms with Crippen molar-refractivity contribution in [3.05, 3.63) is 22.0 Å². The van der Waals surface area contributed by atoms with Crippen LogP contribution in [0, 0.1) is 13.8 Å². The van der Waals surface area contributed by atoms with Crippen molar-refractivity contribution in [3.8, 4) is 0 Å². The molecule has 118 valence electrons. The fourth-order valence-corrected chi connectivity index (χ4v) is 3.45. The number of aryl methyl sites for hydroxylation is 2. The number of amides is 2. The number of urea groups is 1. The zero-order valence-electron chi connectivity index (χ0n) is 12.9. The summed E-state index contributed by atoms with van der Waals surface area (Å²) in [6.45, 7) is 7.89. The number of nitrogens with one attached hydrogen (secondary N) is 2. The summed E-state index contributed by atoms with van der Waals surface area (Å²) < 4.78 is 7.25. The number of ether oxygens (including phenoxy) is 1. The molecule has 2 amide bonds. The van der Waals surface area contributed by atoms with Crippen LogP contribution in [0.3, 0.4) is 0 Å². The molecular weight excluding hydrogens is 302 g/mol. The fraction of sp³-hybridized carbons (Fsp3) is 0.500. The quantitative estimate of drug-likeness (QED) is 0.911. The molecule has 0 aliphatic carbocycles. The van der Waals surface area contributed by atoms with Crippen molar-refractivity contribution < 1.29 is 9.53 Å². The first kappa shape index (κ1) is 15.0. The monoisotopic (exact) mass is 321 g/mol. The van der Waals surface area contributed by atoms with Crippen LogP contribution in [0.1, 0.15) is 28.9 Å². The second-order valence-corrected chi connectivity index (χ2v) is 6.22. The van der Waals surface area contributed by atoms with Crippen LogP contribution in [0.15, 0.2) is 0 Å². The Bertz CT molecular complexity index is 683. The first-order chi connectivity index (χ1) is 10.6. The van der Waals surface area contributed by atoms with Crippen molar-refractivity contribution in [1.29, 1.82) is 0 Å². The Hall–Kier alpha value is -1.93. The van der Waals surface area contributed by atoms with Crippen molar-refractivity contribution in [3.63, 3.8) is 0 Å². The Morgan fingerprint density at radius 1 is 1.41 bits per heavy atom. The molecule has 0 unspecified atom stereocenters. The molecule has 0 atom stereocenters. The van der Waals surface area contributed by atoms with Crippen LogP contribution in [0.5, 0.6) is 0 Å². The number of nitrogens with zero attached hydrogens (tertiary/aromatic N) is 3. The number of anilines is 2. The second-order valence-electron chi connectivity index (χ2n) is 5.13. The highest BCUT2D eigenvalue weighted by Crippen LogP contribution is 2.27. The molecule has 8 heteroatoms. The van der Waals surface area contributed by atoms with Gasteiger partial charge in [0.05, 0.1) is 40.9 Å². The molecule has 2 aromatic heterocycles. The first-order valence-electron chi connectivity index (χ1n) is 7.26. The van der Waals surface area contributed by atoms with Gasteiger partial charge in [0.25, 0.3) is 0 Å². The van der Waals surface area contributed by atoms with Gasteiger partial charge in [0.1, 0.15) is 0 Å². The van der Waals surface area contributed by atoms with E-state index in [1.54, 1.807) is 0 Å². The maximum Gasteiger partial charge on any atom is 0.325 e. The highest BCUT2D eigenvalue weighted by molar-refractivity contribution is 7.15. The van der Waals surface area contributed by atoms with Crippen molar-refractivity contribution in [2.24, 2.45) is 0 Å². The van der Waals surface area contributed by atoms with Crippen molar-refractivity contribution in [1.82, 2.24) is 14.8 Å². The molecule has 0 bridgehead atoms. The Balaban J connectivity index is 1.70. The molecule has 0 saturated heterocycles. The van der Waals surface area contributed by atoms with Crippen LogP contribution >= 0.6 is 11.3 Å². The van der Waals surface area contributed by atoms with E-state index in [0.29, 0.717) is 18.3 Å². The van der Waals surface area contributed by atoms with Crippen molar-refractivity contribution >= 4 is 28.2 Å². The third kappa shape index (κ3) is 2.84.